The lowest BCUT2D eigenvalue weighted by molar-refractivity contribution is 0.830. The maximum atomic E-state index is 6.26. The lowest BCUT2D eigenvalue weighted by Gasteiger charge is -2.14. The molecule has 2 nitrogen and oxygen atoms in total. The Morgan fingerprint density at radius 3 is 2.50 bits per heavy atom. The number of aromatic nitrogens is 1. The van der Waals surface area contributed by atoms with Gasteiger partial charge in [0, 0.05) is 23.3 Å². The van der Waals surface area contributed by atoms with Crippen molar-refractivity contribution >= 4 is 39.8 Å². The molecule has 0 atom stereocenters. The molecule has 0 unspecified atom stereocenters. The van der Waals surface area contributed by atoms with Crippen LogP contribution in [0.15, 0.2) is 18.2 Å². The largest absolute Gasteiger partial charge is 0.385 e. The fourth-order valence-corrected chi connectivity index (χ4v) is 2.37. The van der Waals surface area contributed by atoms with Gasteiger partial charge in [-0.1, -0.05) is 37.0 Å². The molecule has 96 valence electrons. The molecule has 0 radical (unpaired) electrons. The van der Waals surface area contributed by atoms with Gasteiger partial charge >= 0.3 is 0 Å². The molecule has 0 saturated heterocycles. The van der Waals surface area contributed by atoms with E-state index in [4.69, 9.17) is 23.2 Å². The van der Waals surface area contributed by atoms with Crippen LogP contribution in [0.25, 0.3) is 10.9 Å². The van der Waals surface area contributed by atoms with Gasteiger partial charge in [0.05, 0.1) is 15.6 Å². The maximum absolute atomic E-state index is 6.26. The number of halogens is 2. The lowest BCUT2D eigenvalue weighted by Crippen LogP contribution is -2.02. The number of rotatable bonds is 3. The van der Waals surface area contributed by atoms with E-state index in [0.29, 0.717) is 16.0 Å². The lowest BCUT2D eigenvalue weighted by atomic mass is 10.1. The van der Waals surface area contributed by atoms with Crippen molar-refractivity contribution in [2.75, 3.05) is 11.9 Å². The average Bonchev–Trinajstić information content (AvgIpc) is 2.33. The maximum Gasteiger partial charge on any atom is 0.0927 e. The van der Waals surface area contributed by atoms with E-state index in [0.717, 1.165) is 28.8 Å². The molecule has 18 heavy (non-hydrogen) atoms. The van der Waals surface area contributed by atoms with Gasteiger partial charge in [-0.25, -0.2) is 0 Å². The van der Waals surface area contributed by atoms with Crippen LogP contribution in [0, 0.1) is 0 Å². The fraction of sp³-hybridized carbons (Fsp3) is 0.357. The number of anilines is 1. The minimum atomic E-state index is 0.349. The molecule has 0 bridgehead atoms. The first-order valence-corrected chi connectivity index (χ1v) is 6.82. The van der Waals surface area contributed by atoms with Crippen molar-refractivity contribution in [3.63, 3.8) is 0 Å². The summed E-state index contributed by atoms with van der Waals surface area (Å²) in [6.45, 7) is 7.12. The van der Waals surface area contributed by atoms with Crippen molar-refractivity contribution < 1.29 is 0 Å². The highest BCUT2D eigenvalue weighted by atomic mass is 35.5. The minimum absolute atomic E-state index is 0.349. The number of pyridine rings is 1. The molecule has 0 aliphatic rings. The van der Waals surface area contributed by atoms with Crippen molar-refractivity contribution in [3.8, 4) is 0 Å². The van der Waals surface area contributed by atoms with Gasteiger partial charge in [-0.05, 0) is 31.0 Å². The SMILES string of the molecule is CCNc1cc(C(C)C)nc2c(Cl)ccc(Cl)c12. The topological polar surface area (TPSA) is 24.9 Å². The van der Waals surface area contributed by atoms with Crippen LogP contribution in [-0.2, 0) is 0 Å². The molecule has 2 aromatic rings. The molecular formula is C14H16Cl2N2. The second-order valence-electron chi connectivity index (χ2n) is 4.53. The zero-order valence-electron chi connectivity index (χ0n) is 10.7. The Labute approximate surface area is 117 Å². The smallest absolute Gasteiger partial charge is 0.0927 e. The molecule has 4 heteroatoms. The summed E-state index contributed by atoms with van der Waals surface area (Å²) in [6, 6.07) is 5.65. The molecule has 0 spiro atoms. The monoisotopic (exact) mass is 282 g/mol. The van der Waals surface area contributed by atoms with Crippen molar-refractivity contribution in [3.05, 3.63) is 33.9 Å². The number of hydrogen-bond donors (Lipinski definition) is 1. The predicted molar refractivity (Wildman–Crippen MR) is 80.0 cm³/mol. The molecule has 0 saturated carbocycles. The average molecular weight is 283 g/mol. The van der Waals surface area contributed by atoms with Crippen LogP contribution >= 0.6 is 23.2 Å². The van der Waals surface area contributed by atoms with Gasteiger partial charge in [0.15, 0.2) is 0 Å². The first-order valence-electron chi connectivity index (χ1n) is 6.07. The number of nitrogens with zero attached hydrogens (tertiary/aromatic N) is 1. The van der Waals surface area contributed by atoms with Crippen molar-refractivity contribution in [1.82, 2.24) is 4.98 Å². The summed E-state index contributed by atoms with van der Waals surface area (Å²) in [5.41, 5.74) is 2.78. The Morgan fingerprint density at radius 2 is 1.89 bits per heavy atom. The molecule has 1 N–H and O–H groups in total. The summed E-state index contributed by atoms with van der Waals surface area (Å²) in [4.78, 5) is 4.62. The Hall–Kier alpha value is -0.990. The van der Waals surface area contributed by atoms with Crippen LogP contribution in [0.2, 0.25) is 10.0 Å². The minimum Gasteiger partial charge on any atom is -0.385 e. The van der Waals surface area contributed by atoms with E-state index in [1.165, 1.54) is 0 Å². The summed E-state index contributed by atoms with van der Waals surface area (Å²) in [5.74, 6) is 0.349. The van der Waals surface area contributed by atoms with Crippen LogP contribution < -0.4 is 5.32 Å². The van der Waals surface area contributed by atoms with Gasteiger partial charge in [0.25, 0.3) is 0 Å². The Bertz CT molecular complexity index is 580. The summed E-state index contributed by atoms with van der Waals surface area (Å²) >= 11 is 12.5. The summed E-state index contributed by atoms with van der Waals surface area (Å²) < 4.78 is 0. The van der Waals surface area contributed by atoms with Crippen LogP contribution in [-0.4, -0.2) is 11.5 Å². The number of nitrogens with one attached hydrogen (secondary N) is 1. The third kappa shape index (κ3) is 2.40. The van der Waals surface area contributed by atoms with Crippen LogP contribution in [0.4, 0.5) is 5.69 Å². The highest BCUT2D eigenvalue weighted by Crippen LogP contribution is 2.35. The normalized spacial score (nSPS) is 11.2. The molecular weight excluding hydrogens is 267 g/mol. The molecule has 1 heterocycles. The number of benzene rings is 1. The standard InChI is InChI=1S/C14H16Cl2N2/c1-4-17-12-7-11(8(2)3)18-14-10(16)6-5-9(15)13(12)14/h5-8H,4H2,1-3H3,(H,17,18). The second kappa shape index (κ2) is 5.33. The van der Waals surface area contributed by atoms with Gasteiger partial charge < -0.3 is 5.32 Å². The predicted octanol–water partition coefficient (Wildman–Crippen LogP) is 5.10. The molecule has 0 aliphatic heterocycles. The quantitative estimate of drug-likeness (QED) is 0.848. The van der Waals surface area contributed by atoms with E-state index in [2.05, 4.69) is 37.1 Å². The van der Waals surface area contributed by atoms with E-state index in [9.17, 15) is 0 Å². The Kier molecular flexibility index (Phi) is 3.98. The zero-order valence-corrected chi connectivity index (χ0v) is 12.2. The Morgan fingerprint density at radius 1 is 1.22 bits per heavy atom. The first kappa shape index (κ1) is 13.4. The van der Waals surface area contributed by atoms with Gasteiger partial charge in [0.2, 0.25) is 0 Å². The molecule has 2 rings (SSSR count). The van der Waals surface area contributed by atoms with E-state index in [1.807, 2.05) is 6.07 Å². The van der Waals surface area contributed by atoms with E-state index in [-0.39, 0.29) is 0 Å². The van der Waals surface area contributed by atoms with Gasteiger partial charge in [-0.3, -0.25) is 4.98 Å². The number of hydrogen-bond acceptors (Lipinski definition) is 2. The highest BCUT2D eigenvalue weighted by Gasteiger charge is 2.13. The van der Waals surface area contributed by atoms with Crippen LogP contribution in [0.1, 0.15) is 32.4 Å². The van der Waals surface area contributed by atoms with Crippen molar-refractivity contribution in [2.45, 2.75) is 26.7 Å². The molecule has 1 aromatic carbocycles. The second-order valence-corrected chi connectivity index (χ2v) is 5.35. The van der Waals surface area contributed by atoms with Gasteiger partial charge in [-0.15, -0.1) is 0 Å². The molecule has 0 aliphatic carbocycles. The van der Waals surface area contributed by atoms with Crippen LogP contribution in [0.5, 0.6) is 0 Å². The summed E-state index contributed by atoms with van der Waals surface area (Å²) in [6.07, 6.45) is 0. The van der Waals surface area contributed by atoms with E-state index < -0.39 is 0 Å². The van der Waals surface area contributed by atoms with E-state index >= 15 is 0 Å². The van der Waals surface area contributed by atoms with Crippen molar-refractivity contribution in [1.29, 1.82) is 0 Å². The molecule has 0 amide bonds. The third-order valence-electron chi connectivity index (χ3n) is 2.84. The fourth-order valence-electron chi connectivity index (χ4n) is 1.91. The summed E-state index contributed by atoms with van der Waals surface area (Å²) in [7, 11) is 0. The molecule has 1 aromatic heterocycles. The van der Waals surface area contributed by atoms with Gasteiger partial charge in [0.1, 0.15) is 0 Å². The first-order chi connectivity index (χ1) is 8.54. The van der Waals surface area contributed by atoms with Gasteiger partial charge in [-0.2, -0.15) is 0 Å². The summed E-state index contributed by atoms with van der Waals surface area (Å²) in [5, 5.41) is 5.54. The highest BCUT2D eigenvalue weighted by molar-refractivity contribution is 6.40. The van der Waals surface area contributed by atoms with Crippen LogP contribution in [0.3, 0.4) is 0 Å². The number of fused-ring (bicyclic) bond motifs is 1. The zero-order chi connectivity index (χ0) is 13.3. The molecule has 0 fully saturated rings. The van der Waals surface area contributed by atoms with E-state index in [1.54, 1.807) is 6.07 Å². The van der Waals surface area contributed by atoms with Crippen molar-refractivity contribution in [2.24, 2.45) is 0 Å². The Balaban J connectivity index is 2.80. The third-order valence-corrected chi connectivity index (χ3v) is 3.46.